The van der Waals surface area contributed by atoms with Crippen LogP contribution in [0.15, 0.2) is 176 Å². The number of hydrogen-bond acceptors (Lipinski definition) is 1. The Labute approximate surface area is 308 Å². The summed E-state index contributed by atoms with van der Waals surface area (Å²) in [7, 11) is 0.838. The van der Waals surface area contributed by atoms with Crippen molar-refractivity contribution in [3.63, 3.8) is 0 Å². The largest absolute Gasteiger partial charge is 0.355 e. The van der Waals surface area contributed by atoms with Crippen molar-refractivity contribution in [3.05, 3.63) is 181 Å². The fourth-order valence-electron chi connectivity index (χ4n) is 8.89. The zero-order chi connectivity index (χ0) is 35.0. The summed E-state index contributed by atoms with van der Waals surface area (Å²) in [5, 5.41) is 9.04. The molecule has 248 valence electrons. The molecule has 0 aliphatic carbocycles. The fourth-order valence-corrected chi connectivity index (χ4v) is 8.89. The molecule has 0 spiro atoms. The van der Waals surface area contributed by atoms with Gasteiger partial charge >= 0.3 is 0 Å². The molecule has 3 heterocycles. The number of rotatable bonds is 5. The first kappa shape index (κ1) is 29.9. The van der Waals surface area contributed by atoms with Gasteiger partial charge in [0.05, 0.1) is 16.6 Å². The molecular formula is C49H34BN3. The molecule has 0 saturated carbocycles. The minimum Gasteiger partial charge on any atom is -0.355 e. The number of nitrogens with one attached hydrogen (secondary N) is 1. The van der Waals surface area contributed by atoms with Crippen molar-refractivity contribution in [1.29, 1.82) is 0 Å². The van der Waals surface area contributed by atoms with E-state index >= 15 is 0 Å². The summed E-state index contributed by atoms with van der Waals surface area (Å²) in [6.45, 7) is 2.18. The molecule has 2 aromatic heterocycles. The van der Waals surface area contributed by atoms with Gasteiger partial charge in [-0.05, 0) is 89.2 Å². The van der Waals surface area contributed by atoms with E-state index in [1.807, 2.05) is 0 Å². The number of hydrogen-bond donors (Lipinski definition) is 1. The van der Waals surface area contributed by atoms with Gasteiger partial charge in [-0.3, -0.25) is 0 Å². The lowest BCUT2D eigenvalue weighted by atomic mass is 9.58. The van der Waals surface area contributed by atoms with Gasteiger partial charge in [0.1, 0.15) is 0 Å². The summed E-state index contributed by atoms with van der Waals surface area (Å²) in [4.78, 5) is 0. The lowest BCUT2D eigenvalue weighted by Gasteiger charge is -2.26. The Morgan fingerprint density at radius 1 is 0.491 bits per heavy atom. The highest BCUT2D eigenvalue weighted by Crippen LogP contribution is 2.45. The van der Waals surface area contributed by atoms with Gasteiger partial charge in [-0.2, -0.15) is 0 Å². The molecule has 4 heteroatoms. The molecule has 0 bridgehead atoms. The SMILES string of the molecule is Cc1ccccc1Nc1ccc2c(c1-c1cc(-c3ccccc3)cc3c1Bc1cccc4c5ccccc5n-3c14)c1ccccc1n2-c1ccccc1. The second-order valence-corrected chi connectivity index (χ2v) is 14.2. The Balaban J connectivity index is 1.32. The Kier molecular flexibility index (Phi) is 6.56. The maximum absolute atomic E-state index is 3.96. The molecule has 0 fully saturated rings. The average molecular weight is 676 g/mol. The molecule has 8 aromatic carbocycles. The molecule has 1 aliphatic rings. The van der Waals surface area contributed by atoms with E-state index in [1.165, 1.54) is 88.0 Å². The summed E-state index contributed by atoms with van der Waals surface area (Å²) in [5.74, 6) is 0. The van der Waals surface area contributed by atoms with E-state index in [9.17, 15) is 0 Å². The Hall–Kier alpha value is -6.78. The van der Waals surface area contributed by atoms with Gasteiger partial charge in [-0.1, -0.05) is 127 Å². The van der Waals surface area contributed by atoms with Crippen LogP contribution >= 0.6 is 0 Å². The number of nitrogens with zero attached hydrogens (tertiary/aromatic N) is 2. The average Bonchev–Trinajstić information content (AvgIpc) is 3.74. The topological polar surface area (TPSA) is 21.9 Å². The van der Waals surface area contributed by atoms with Gasteiger partial charge in [-0.25, -0.2) is 0 Å². The maximum Gasteiger partial charge on any atom is 0.198 e. The number of benzene rings is 8. The number of aryl methyl sites for hydroxylation is 1. The molecule has 0 radical (unpaired) electrons. The molecule has 0 atom stereocenters. The standard InChI is InChI=1S/C49H34BN3/c1-31-15-8-11-24-40(31)51-41-27-28-44-47(37-21-10-13-26-43(37)52(44)34-18-6-3-7-19-34)46(41)38-29-33(32-16-4-2-5-17-32)30-45-48(38)50-39-23-14-22-36-35-20-9-12-25-42(35)53(45)49(36)39/h2-30,50-51H,1H3. The molecule has 11 rings (SSSR count). The van der Waals surface area contributed by atoms with E-state index in [0.29, 0.717) is 0 Å². The predicted molar refractivity (Wildman–Crippen MR) is 227 cm³/mol. The Morgan fingerprint density at radius 2 is 1.17 bits per heavy atom. The van der Waals surface area contributed by atoms with Crippen molar-refractivity contribution in [1.82, 2.24) is 9.13 Å². The highest BCUT2D eigenvalue weighted by molar-refractivity contribution is 6.73. The smallest absolute Gasteiger partial charge is 0.198 e. The molecule has 1 N–H and O–H groups in total. The summed E-state index contributed by atoms with van der Waals surface area (Å²) in [5.41, 5.74) is 18.3. The van der Waals surface area contributed by atoms with E-state index in [-0.39, 0.29) is 0 Å². The molecule has 1 aliphatic heterocycles. The van der Waals surface area contributed by atoms with Crippen LogP contribution in [0.4, 0.5) is 11.4 Å². The van der Waals surface area contributed by atoms with Crippen LogP contribution < -0.4 is 16.2 Å². The minimum absolute atomic E-state index is 0.838. The Bertz CT molecular complexity index is 3060. The zero-order valence-corrected chi connectivity index (χ0v) is 29.3. The first-order valence-electron chi connectivity index (χ1n) is 18.4. The van der Waals surface area contributed by atoms with Gasteiger partial charge in [0.15, 0.2) is 7.28 Å². The Morgan fingerprint density at radius 3 is 1.98 bits per heavy atom. The van der Waals surface area contributed by atoms with Crippen LogP contribution in [0.1, 0.15) is 5.56 Å². The number of aromatic nitrogens is 2. The van der Waals surface area contributed by atoms with Crippen molar-refractivity contribution in [2.45, 2.75) is 6.92 Å². The number of anilines is 2. The van der Waals surface area contributed by atoms with Gasteiger partial charge < -0.3 is 14.5 Å². The summed E-state index contributed by atoms with van der Waals surface area (Å²) in [6, 6.07) is 64.3. The van der Waals surface area contributed by atoms with Crippen molar-refractivity contribution in [3.8, 4) is 33.6 Å². The van der Waals surface area contributed by atoms with E-state index in [2.05, 4.69) is 197 Å². The molecule has 53 heavy (non-hydrogen) atoms. The van der Waals surface area contributed by atoms with Gasteiger partial charge in [0, 0.05) is 55.4 Å². The zero-order valence-electron chi connectivity index (χ0n) is 29.3. The highest BCUT2D eigenvalue weighted by atomic mass is 15.0. The van der Waals surface area contributed by atoms with E-state index in [1.54, 1.807) is 0 Å². The van der Waals surface area contributed by atoms with Crippen LogP contribution in [0, 0.1) is 6.92 Å². The normalized spacial score (nSPS) is 12.0. The molecule has 10 aromatic rings. The molecule has 0 amide bonds. The van der Waals surface area contributed by atoms with E-state index < -0.39 is 0 Å². The third-order valence-electron chi connectivity index (χ3n) is 11.3. The van der Waals surface area contributed by atoms with Crippen molar-refractivity contribution >= 4 is 73.2 Å². The van der Waals surface area contributed by atoms with Crippen LogP contribution in [-0.2, 0) is 0 Å². The van der Waals surface area contributed by atoms with E-state index in [0.717, 1.165) is 24.3 Å². The first-order chi connectivity index (χ1) is 26.2. The van der Waals surface area contributed by atoms with E-state index in [4.69, 9.17) is 0 Å². The monoisotopic (exact) mass is 675 g/mol. The summed E-state index contributed by atoms with van der Waals surface area (Å²) >= 11 is 0. The van der Waals surface area contributed by atoms with Crippen LogP contribution in [0.2, 0.25) is 0 Å². The van der Waals surface area contributed by atoms with Crippen molar-refractivity contribution < 1.29 is 0 Å². The van der Waals surface area contributed by atoms with Crippen molar-refractivity contribution in [2.24, 2.45) is 0 Å². The molecule has 0 saturated heterocycles. The molecule has 0 unspecified atom stereocenters. The second kappa shape index (κ2) is 11.6. The van der Waals surface area contributed by atoms with Crippen LogP contribution in [0.3, 0.4) is 0 Å². The summed E-state index contributed by atoms with van der Waals surface area (Å²) < 4.78 is 4.97. The van der Waals surface area contributed by atoms with Gasteiger partial charge in [0.2, 0.25) is 0 Å². The maximum atomic E-state index is 3.96. The van der Waals surface area contributed by atoms with Gasteiger partial charge in [-0.15, -0.1) is 0 Å². The summed E-state index contributed by atoms with van der Waals surface area (Å²) in [6.07, 6.45) is 0. The molecule has 3 nitrogen and oxygen atoms in total. The fraction of sp³-hybridized carbons (Fsp3) is 0.0204. The van der Waals surface area contributed by atoms with Crippen LogP contribution in [0.5, 0.6) is 0 Å². The predicted octanol–water partition coefficient (Wildman–Crippen LogP) is 11.0. The second-order valence-electron chi connectivity index (χ2n) is 14.2. The van der Waals surface area contributed by atoms with Gasteiger partial charge in [0.25, 0.3) is 0 Å². The van der Waals surface area contributed by atoms with Crippen LogP contribution in [0.25, 0.3) is 77.2 Å². The third-order valence-corrected chi connectivity index (χ3v) is 11.3. The number of fused-ring (bicyclic) bond motifs is 8. The molecular weight excluding hydrogens is 641 g/mol. The lowest BCUT2D eigenvalue weighted by molar-refractivity contribution is 1.18. The number of para-hydroxylation sites is 5. The highest BCUT2D eigenvalue weighted by Gasteiger charge is 2.29. The third kappa shape index (κ3) is 4.49. The van der Waals surface area contributed by atoms with Crippen LogP contribution in [-0.4, -0.2) is 16.4 Å². The minimum atomic E-state index is 0.838. The quantitative estimate of drug-likeness (QED) is 0.180. The first-order valence-corrected chi connectivity index (χ1v) is 18.4. The lowest BCUT2D eigenvalue weighted by Crippen LogP contribution is -2.37. The van der Waals surface area contributed by atoms with Crippen molar-refractivity contribution in [2.75, 3.05) is 5.32 Å².